The fraction of sp³-hybridized carbons (Fsp3) is 0.441. The second-order valence-electron chi connectivity index (χ2n) is 12.2. The molecule has 7 rings (SSSR count). The third kappa shape index (κ3) is 5.61. The molecule has 3 aliphatic rings. The van der Waals surface area contributed by atoms with Crippen LogP contribution in [0.5, 0.6) is 17.4 Å². The van der Waals surface area contributed by atoms with Gasteiger partial charge in [-0.2, -0.15) is 10.2 Å². The van der Waals surface area contributed by atoms with Crippen LogP contribution in [0.1, 0.15) is 59.3 Å². The summed E-state index contributed by atoms with van der Waals surface area (Å²) in [6.45, 7) is 6.31. The van der Waals surface area contributed by atoms with Gasteiger partial charge in [-0.3, -0.25) is 4.90 Å². The zero-order valence-electron chi connectivity index (χ0n) is 25.9. The third-order valence-electron chi connectivity index (χ3n) is 9.44. The lowest BCUT2D eigenvalue weighted by molar-refractivity contribution is -0.0592. The van der Waals surface area contributed by atoms with Crippen molar-refractivity contribution in [1.29, 1.82) is 5.26 Å². The van der Waals surface area contributed by atoms with Crippen molar-refractivity contribution in [3.8, 4) is 23.4 Å². The van der Waals surface area contributed by atoms with Crippen molar-refractivity contribution in [3.63, 3.8) is 0 Å². The van der Waals surface area contributed by atoms with Gasteiger partial charge in [0.1, 0.15) is 35.3 Å². The molecule has 12 nitrogen and oxygen atoms in total. The Hall–Kier alpha value is -4.73. The molecule has 0 radical (unpaired) electrons. The Morgan fingerprint density at radius 3 is 2.78 bits per heavy atom. The number of benzene rings is 2. The molecule has 1 N–H and O–H groups in total. The minimum atomic E-state index is -0.996. The van der Waals surface area contributed by atoms with Crippen LogP contribution in [0.2, 0.25) is 0 Å². The number of rotatable bonds is 12. The number of fused-ring (bicyclic) bond motifs is 2. The normalized spacial score (nSPS) is 22.0. The fourth-order valence-electron chi connectivity index (χ4n) is 6.75. The smallest absolute Gasteiger partial charge is 0.335 e. The Kier molecular flexibility index (Phi) is 7.96. The van der Waals surface area contributed by atoms with Crippen LogP contribution in [0.15, 0.2) is 42.6 Å². The molecule has 0 bridgehead atoms. The van der Waals surface area contributed by atoms with Crippen LogP contribution in [0, 0.1) is 17.2 Å². The lowest BCUT2D eigenvalue weighted by Crippen LogP contribution is -2.38. The van der Waals surface area contributed by atoms with Gasteiger partial charge in [0.05, 0.1) is 55.6 Å². The van der Waals surface area contributed by atoms with E-state index in [1.807, 2.05) is 13.0 Å². The first-order valence-electron chi connectivity index (χ1n) is 15.7. The highest BCUT2D eigenvalue weighted by molar-refractivity contribution is 5.95. The molecule has 46 heavy (non-hydrogen) atoms. The van der Waals surface area contributed by atoms with Crippen LogP contribution < -0.4 is 14.2 Å². The van der Waals surface area contributed by atoms with E-state index in [2.05, 4.69) is 20.5 Å². The van der Waals surface area contributed by atoms with Crippen LogP contribution in [0.25, 0.3) is 11.0 Å². The first-order valence-corrected chi connectivity index (χ1v) is 15.7. The number of likely N-dealkylation sites (tertiary alicyclic amines) is 1. The number of nitriles is 1. The number of hydrogen-bond donors (Lipinski definition) is 1. The van der Waals surface area contributed by atoms with E-state index in [0.717, 1.165) is 61.7 Å². The number of imidazole rings is 1. The van der Waals surface area contributed by atoms with Gasteiger partial charge in [0, 0.05) is 36.4 Å². The number of carbonyl (C=O) groups is 1. The van der Waals surface area contributed by atoms with E-state index in [4.69, 9.17) is 28.9 Å². The zero-order valence-corrected chi connectivity index (χ0v) is 25.9. The van der Waals surface area contributed by atoms with Crippen LogP contribution in [0.3, 0.4) is 0 Å². The van der Waals surface area contributed by atoms with Crippen LogP contribution >= 0.6 is 0 Å². The molecule has 0 spiro atoms. The first-order chi connectivity index (χ1) is 22.4. The molecule has 238 valence electrons. The topological polar surface area (TPSA) is 145 Å². The summed E-state index contributed by atoms with van der Waals surface area (Å²) in [4.78, 5) is 28.9. The molecule has 3 fully saturated rings. The van der Waals surface area contributed by atoms with Crippen LogP contribution in [0.4, 0.5) is 0 Å². The lowest BCUT2D eigenvalue weighted by atomic mass is 9.94. The molecule has 2 aromatic carbocycles. The Balaban J connectivity index is 1.07. The number of ether oxygens (including phenoxy) is 4. The fourth-order valence-corrected chi connectivity index (χ4v) is 6.75. The molecule has 2 aromatic heterocycles. The number of nitrogens with zero attached hydrogens (tertiary/aromatic N) is 6. The van der Waals surface area contributed by atoms with Crippen molar-refractivity contribution in [1.82, 2.24) is 24.4 Å². The van der Waals surface area contributed by atoms with E-state index < -0.39 is 5.97 Å². The molecule has 2 unspecified atom stereocenters. The maximum atomic E-state index is 11.9. The largest absolute Gasteiger partial charge is 0.496 e. The third-order valence-corrected chi connectivity index (χ3v) is 9.44. The number of carboxylic acids is 1. The summed E-state index contributed by atoms with van der Waals surface area (Å²) in [5, 5.41) is 19.0. The first kappa shape index (κ1) is 30.0. The zero-order chi connectivity index (χ0) is 31.8. The molecule has 4 heterocycles. The maximum Gasteiger partial charge on any atom is 0.335 e. The number of aromatic carboxylic acids is 1. The van der Waals surface area contributed by atoms with Gasteiger partial charge < -0.3 is 28.6 Å². The number of aromatic nitrogens is 4. The van der Waals surface area contributed by atoms with Crippen molar-refractivity contribution >= 4 is 17.0 Å². The van der Waals surface area contributed by atoms with Crippen molar-refractivity contribution in [2.75, 3.05) is 33.4 Å². The number of carboxylic acid groups (broad SMARTS) is 1. The van der Waals surface area contributed by atoms with Gasteiger partial charge in [0.2, 0.25) is 5.88 Å². The molecular weight excluding hydrogens is 588 g/mol. The molecule has 2 saturated heterocycles. The highest BCUT2D eigenvalue weighted by Crippen LogP contribution is 2.58. The van der Waals surface area contributed by atoms with Crippen LogP contribution in [-0.4, -0.2) is 75.0 Å². The Morgan fingerprint density at radius 1 is 1.20 bits per heavy atom. The van der Waals surface area contributed by atoms with Gasteiger partial charge in [0.15, 0.2) is 0 Å². The Bertz CT molecular complexity index is 1830. The summed E-state index contributed by atoms with van der Waals surface area (Å²) in [6, 6.07) is 12.4. The van der Waals surface area contributed by atoms with E-state index in [1.165, 1.54) is 0 Å². The summed E-state index contributed by atoms with van der Waals surface area (Å²) in [5.41, 5.74) is 2.92. The van der Waals surface area contributed by atoms with Gasteiger partial charge in [-0.25, -0.2) is 14.8 Å². The quantitative estimate of drug-likeness (QED) is 0.240. The van der Waals surface area contributed by atoms with Gasteiger partial charge >= 0.3 is 5.97 Å². The predicted octanol–water partition coefficient (Wildman–Crippen LogP) is 4.33. The van der Waals surface area contributed by atoms with E-state index in [1.54, 1.807) is 43.6 Å². The summed E-state index contributed by atoms with van der Waals surface area (Å²) in [5.74, 6) is 2.72. The molecular formula is C34H36N6O6. The van der Waals surface area contributed by atoms with Gasteiger partial charge in [-0.15, -0.1) is 0 Å². The minimum Gasteiger partial charge on any atom is -0.496 e. The standard InChI is InChI=1S/C34H36N6O6/c1-3-44-28-14-23(32(41)42)13-26-31(28)37-29(40(26)18-25-7-11-45-25)19-39-10-8-34(15-24(34)17-39)33-36-9-6-30(38-33)46-20-22-5-4-21(16-35)12-27(22)43-2/h4-6,9,12-14,24-25H,3,7-8,10-11,15,17-20H2,1-2H3,(H,41,42)/t24?,25-,34?/m0/s1. The highest BCUT2D eigenvalue weighted by atomic mass is 16.5. The summed E-state index contributed by atoms with van der Waals surface area (Å²) in [7, 11) is 1.58. The van der Waals surface area contributed by atoms with Crippen molar-refractivity contribution in [3.05, 3.63) is 70.9 Å². The number of piperidine rings is 1. The van der Waals surface area contributed by atoms with E-state index in [-0.39, 0.29) is 23.7 Å². The molecule has 3 atom stereocenters. The Morgan fingerprint density at radius 2 is 2.07 bits per heavy atom. The van der Waals surface area contributed by atoms with Gasteiger partial charge in [0.25, 0.3) is 0 Å². The maximum absolute atomic E-state index is 11.9. The summed E-state index contributed by atoms with van der Waals surface area (Å²) < 4.78 is 25.2. The molecule has 12 heteroatoms. The summed E-state index contributed by atoms with van der Waals surface area (Å²) >= 11 is 0. The molecule has 1 aliphatic carbocycles. The molecule has 0 amide bonds. The summed E-state index contributed by atoms with van der Waals surface area (Å²) in [6.07, 6.45) is 4.75. The average molecular weight is 625 g/mol. The second-order valence-corrected chi connectivity index (χ2v) is 12.2. The predicted molar refractivity (Wildman–Crippen MR) is 166 cm³/mol. The highest BCUT2D eigenvalue weighted by Gasteiger charge is 2.59. The van der Waals surface area contributed by atoms with Crippen LogP contribution in [-0.2, 0) is 29.8 Å². The Labute approximate surface area is 266 Å². The van der Waals surface area contributed by atoms with Crippen molar-refractivity contribution in [2.45, 2.75) is 57.4 Å². The van der Waals surface area contributed by atoms with E-state index in [0.29, 0.717) is 54.1 Å². The number of hydrogen-bond acceptors (Lipinski definition) is 10. The van der Waals surface area contributed by atoms with E-state index in [9.17, 15) is 15.2 Å². The van der Waals surface area contributed by atoms with Gasteiger partial charge in [-0.05, 0) is 62.9 Å². The van der Waals surface area contributed by atoms with E-state index >= 15 is 0 Å². The van der Waals surface area contributed by atoms with Crippen molar-refractivity contribution < 1.29 is 28.8 Å². The van der Waals surface area contributed by atoms with Crippen molar-refractivity contribution in [2.24, 2.45) is 5.92 Å². The molecule has 2 aliphatic heterocycles. The number of methoxy groups -OCH3 is 1. The lowest BCUT2D eigenvalue weighted by Gasteiger charge is -2.31. The monoisotopic (exact) mass is 624 g/mol. The van der Waals surface area contributed by atoms with Gasteiger partial charge in [-0.1, -0.05) is 6.07 Å². The minimum absolute atomic E-state index is 0.0690. The molecule has 4 aromatic rings. The average Bonchev–Trinajstić information content (AvgIpc) is 3.69. The molecule has 1 saturated carbocycles. The second kappa shape index (κ2) is 12.2. The SMILES string of the molecule is CCOc1cc(C(=O)O)cc2c1nc(CN1CCC3(c4nccc(OCc5ccc(C#N)cc5OC)n4)CC3C1)n2C[C@@H]1CCO1.